The first-order valence-corrected chi connectivity index (χ1v) is 9.17. The van der Waals surface area contributed by atoms with E-state index in [0.29, 0.717) is 16.7 Å². The van der Waals surface area contributed by atoms with Crippen LogP contribution in [0.25, 0.3) is 0 Å². The molecule has 0 aliphatic heterocycles. The van der Waals surface area contributed by atoms with Crippen molar-refractivity contribution in [3.05, 3.63) is 52.1 Å². The Hall–Kier alpha value is -2.15. The summed E-state index contributed by atoms with van der Waals surface area (Å²) in [7, 11) is -3.97. The van der Waals surface area contributed by atoms with Gasteiger partial charge in [0.1, 0.15) is 5.75 Å². The minimum absolute atomic E-state index is 0.0242. The first kappa shape index (κ1) is 19.2. The summed E-state index contributed by atoms with van der Waals surface area (Å²) in [5.41, 5.74) is 3.59. The Balaban J connectivity index is 2.55. The minimum atomic E-state index is -3.97. The molecule has 0 heterocycles. The Morgan fingerprint density at radius 2 is 1.52 bits per heavy atom. The monoisotopic (exact) mass is 369 g/mol. The summed E-state index contributed by atoms with van der Waals surface area (Å²) >= 11 is 0. The van der Waals surface area contributed by atoms with Crippen molar-refractivity contribution in [2.45, 2.75) is 46.1 Å². The SMILES string of the molecule is Cc1ccc(NS(=O)(=O)c2c(C)c(C)cc(C)c2C)c(OC(F)F)c1. The molecular weight excluding hydrogens is 348 g/mol. The molecule has 0 aromatic heterocycles. The van der Waals surface area contributed by atoms with Crippen molar-refractivity contribution < 1.29 is 21.9 Å². The van der Waals surface area contributed by atoms with Crippen molar-refractivity contribution in [1.29, 1.82) is 0 Å². The van der Waals surface area contributed by atoms with Gasteiger partial charge in [0.15, 0.2) is 0 Å². The number of rotatable bonds is 5. The highest BCUT2D eigenvalue weighted by molar-refractivity contribution is 7.92. The van der Waals surface area contributed by atoms with Gasteiger partial charge in [0.2, 0.25) is 0 Å². The van der Waals surface area contributed by atoms with E-state index in [1.807, 2.05) is 19.9 Å². The summed E-state index contributed by atoms with van der Waals surface area (Å²) in [6.07, 6.45) is 0. The predicted molar refractivity (Wildman–Crippen MR) is 94.0 cm³/mol. The molecular formula is C18H21F2NO3S. The lowest BCUT2D eigenvalue weighted by molar-refractivity contribution is -0.0493. The first-order chi connectivity index (χ1) is 11.5. The molecule has 0 atom stereocenters. The molecule has 0 saturated carbocycles. The molecule has 2 rings (SSSR count). The van der Waals surface area contributed by atoms with E-state index < -0.39 is 16.6 Å². The Kier molecular flexibility index (Phi) is 5.37. The zero-order valence-corrected chi connectivity index (χ0v) is 15.6. The van der Waals surface area contributed by atoms with Crippen LogP contribution in [0.5, 0.6) is 5.75 Å². The molecule has 136 valence electrons. The molecule has 2 aromatic carbocycles. The van der Waals surface area contributed by atoms with Gasteiger partial charge >= 0.3 is 6.61 Å². The third-order valence-electron chi connectivity index (χ3n) is 4.16. The lowest BCUT2D eigenvalue weighted by atomic mass is 10.0. The van der Waals surface area contributed by atoms with Gasteiger partial charge in [-0.25, -0.2) is 8.42 Å². The van der Waals surface area contributed by atoms with Crippen molar-refractivity contribution in [1.82, 2.24) is 0 Å². The van der Waals surface area contributed by atoms with E-state index in [-0.39, 0.29) is 16.3 Å². The van der Waals surface area contributed by atoms with Crippen molar-refractivity contribution in [3.63, 3.8) is 0 Å². The van der Waals surface area contributed by atoms with Gasteiger partial charge < -0.3 is 4.74 Å². The van der Waals surface area contributed by atoms with E-state index >= 15 is 0 Å². The number of halogens is 2. The standard InChI is InChI=1S/C18H21F2NO3S/c1-10-6-7-15(16(8-10)24-18(19)20)21-25(22,23)17-13(4)11(2)9-12(3)14(17)5/h6-9,18,21H,1-5H3. The third-order valence-corrected chi connectivity index (χ3v) is 5.80. The van der Waals surface area contributed by atoms with Crippen molar-refractivity contribution in [2.75, 3.05) is 4.72 Å². The summed E-state index contributed by atoms with van der Waals surface area (Å²) in [5.74, 6) is -0.210. The van der Waals surface area contributed by atoms with Crippen LogP contribution in [0, 0.1) is 34.6 Å². The van der Waals surface area contributed by atoms with Gasteiger partial charge in [-0.1, -0.05) is 12.1 Å². The average Bonchev–Trinajstić information content (AvgIpc) is 2.47. The molecule has 0 unspecified atom stereocenters. The largest absolute Gasteiger partial charge is 0.433 e. The Morgan fingerprint density at radius 1 is 0.960 bits per heavy atom. The number of nitrogens with one attached hydrogen (secondary N) is 1. The van der Waals surface area contributed by atoms with Gasteiger partial charge in [-0.05, 0) is 74.6 Å². The highest BCUT2D eigenvalue weighted by Crippen LogP contribution is 2.32. The van der Waals surface area contributed by atoms with Crippen molar-refractivity contribution >= 4 is 15.7 Å². The smallest absolute Gasteiger partial charge is 0.387 e. The molecule has 0 saturated heterocycles. The summed E-state index contributed by atoms with van der Waals surface area (Å²) in [6.45, 7) is 5.77. The summed E-state index contributed by atoms with van der Waals surface area (Å²) in [4.78, 5) is 0.161. The Morgan fingerprint density at radius 3 is 2.04 bits per heavy atom. The molecule has 7 heteroatoms. The first-order valence-electron chi connectivity index (χ1n) is 7.68. The fourth-order valence-electron chi connectivity index (χ4n) is 2.69. The van der Waals surface area contributed by atoms with Gasteiger partial charge in [0.05, 0.1) is 10.6 Å². The number of hydrogen-bond acceptors (Lipinski definition) is 3. The van der Waals surface area contributed by atoms with Crippen LogP contribution in [0.15, 0.2) is 29.2 Å². The van der Waals surface area contributed by atoms with Crippen LogP contribution in [0.2, 0.25) is 0 Å². The summed E-state index contributed by atoms with van der Waals surface area (Å²) < 4.78 is 57.9. The molecule has 0 spiro atoms. The number of anilines is 1. The van der Waals surface area contributed by atoms with Gasteiger partial charge in [0, 0.05) is 0 Å². The van der Waals surface area contributed by atoms with Crippen molar-refractivity contribution in [2.24, 2.45) is 0 Å². The summed E-state index contributed by atoms with van der Waals surface area (Å²) in [6, 6.07) is 6.32. The molecule has 0 radical (unpaired) electrons. The third kappa shape index (κ3) is 4.10. The van der Waals surface area contributed by atoms with Crippen LogP contribution in [0.3, 0.4) is 0 Å². The molecule has 1 N–H and O–H groups in total. The van der Waals surface area contributed by atoms with Crippen LogP contribution in [0.4, 0.5) is 14.5 Å². The molecule has 2 aromatic rings. The summed E-state index contributed by atoms with van der Waals surface area (Å²) in [5, 5.41) is 0. The quantitative estimate of drug-likeness (QED) is 0.836. The van der Waals surface area contributed by atoms with Crippen LogP contribution in [-0.2, 0) is 10.0 Å². The second-order valence-electron chi connectivity index (χ2n) is 6.07. The van der Waals surface area contributed by atoms with E-state index in [1.54, 1.807) is 26.8 Å². The Labute approximate surface area is 146 Å². The van der Waals surface area contributed by atoms with Crippen LogP contribution in [-0.4, -0.2) is 15.0 Å². The lowest BCUT2D eigenvalue weighted by Crippen LogP contribution is -2.18. The van der Waals surface area contributed by atoms with Crippen LogP contribution >= 0.6 is 0 Å². The number of benzene rings is 2. The average molecular weight is 369 g/mol. The number of ether oxygens (including phenoxy) is 1. The van der Waals surface area contributed by atoms with E-state index in [1.165, 1.54) is 12.1 Å². The van der Waals surface area contributed by atoms with E-state index in [9.17, 15) is 17.2 Å². The molecule has 0 aliphatic carbocycles. The zero-order chi connectivity index (χ0) is 18.9. The number of hydrogen-bond donors (Lipinski definition) is 1. The van der Waals surface area contributed by atoms with Gasteiger partial charge in [-0.3, -0.25) is 4.72 Å². The molecule has 25 heavy (non-hydrogen) atoms. The highest BCUT2D eigenvalue weighted by Gasteiger charge is 2.24. The fourth-order valence-corrected chi connectivity index (χ4v) is 4.38. The number of sulfonamides is 1. The van der Waals surface area contributed by atoms with E-state index in [0.717, 1.165) is 11.1 Å². The second-order valence-corrected chi connectivity index (χ2v) is 7.69. The Bertz CT molecular complexity index is 883. The number of alkyl halides is 2. The zero-order valence-electron chi connectivity index (χ0n) is 14.8. The maximum atomic E-state index is 12.9. The highest BCUT2D eigenvalue weighted by atomic mass is 32.2. The maximum absolute atomic E-state index is 12.9. The van der Waals surface area contributed by atoms with Crippen LogP contribution in [0.1, 0.15) is 27.8 Å². The molecule has 0 fully saturated rings. The van der Waals surface area contributed by atoms with Gasteiger partial charge in [-0.15, -0.1) is 0 Å². The van der Waals surface area contributed by atoms with Gasteiger partial charge in [-0.2, -0.15) is 8.78 Å². The topological polar surface area (TPSA) is 55.4 Å². The second kappa shape index (κ2) is 7.00. The minimum Gasteiger partial charge on any atom is -0.433 e. The normalized spacial score (nSPS) is 11.7. The lowest BCUT2D eigenvalue weighted by Gasteiger charge is -2.18. The molecule has 0 amide bonds. The number of aryl methyl sites for hydroxylation is 3. The molecule has 4 nitrogen and oxygen atoms in total. The van der Waals surface area contributed by atoms with E-state index in [2.05, 4.69) is 9.46 Å². The maximum Gasteiger partial charge on any atom is 0.387 e. The van der Waals surface area contributed by atoms with Gasteiger partial charge in [0.25, 0.3) is 10.0 Å². The molecule has 0 bridgehead atoms. The fraction of sp³-hybridized carbons (Fsp3) is 0.333. The molecule has 0 aliphatic rings. The van der Waals surface area contributed by atoms with Crippen LogP contribution < -0.4 is 9.46 Å². The van der Waals surface area contributed by atoms with E-state index in [4.69, 9.17) is 0 Å². The predicted octanol–water partition coefficient (Wildman–Crippen LogP) is 4.63. The van der Waals surface area contributed by atoms with Crippen molar-refractivity contribution in [3.8, 4) is 5.75 Å².